The molecule has 2 unspecified atom stereocenters. The summed E-state index contributed by atoms with van der Waals surface area (Å²) in [4.78, 5) is 10.7. The van der Waals surface area contributed by atoms with Crippen LogP contribution in [0.4, 0.5) is 13.2 Å². The molecule has 5 heteroatoms. The van der Waals surface area contributed by atoms with Gasteiger partial charge in [-0.05, 0) is 49.3 Å². The maximum absolute atomic E-state index is 13.1. The van der Waals surface area contributed by atoms with Gasteiger partial charge < -0.3 is 4.74 Å². The van der Waals surface area contributed by atoms with Gasteiger partial charge in [0.1, 0.15) is 12.0 Å². The van der Waals surface area contributed by atoms with Crippen molar-refractivity contribution in [3.8, 4) is 5.75 Å². The molecule has 116 valence electrons. The Morgan fingerprint density at radius 1 is 1.14 bits per heavy atom. The summed E-state index contributed by atoms with van der Waals surface area (Å²) < 4.78 is 44.8. The molecule has 2 nitrogen and oxygen atoms in total. The van der Waals surface area contributed by atoms with E-state index in [1.807, 2.05) is 0 Å². The molecule has 0 aliphatic heterocycles. The highest BCUT2D eigenvalue weighted by Crippen LogP contribution is 2.39. The van der Waals surface area contributed by atoms with Gasteiger partial charge in [0.15, 0.2) is 0 Å². The molecule has 1 saturated carbocycles. The van der Waals surface area contributed by atoms with E-state index in [2.05, 4.69) is 13.8 Å². The SMILES string of the molecule is CC1CC(C)CC(Oc2ccc(C=O)cc2C(F)(F)F)C1. The Morgan fingerprint density at radius 2 is 1.76 bits per heavy atom. The largest absolute Gasteiger partial charge is 0.490 e. The molecule has 1 aromatic carbocycles. The van der Waals surface area contributed by atoms with Gasteiger partial charge in [-0.15, -0.1) is 0 Å². The lowest BCUT2D eigenvalue weighted by atomic mass is 9.82. The van der Waals surface area contributed by atoms with Crippen molar-refractivity contribution in [1.29, 1.82) is 0 Å². The average Bonchev–Trinajstić information content (AvgIpc) is 2.36. The number of hydrogen-bond acceptors (Lipinski definition) is 2. The number of carbonyl (C=O) groups is 1. The Hall–Kier alpha value is -1.52. The van der Waals surface area contributed by atoms with Crippen LogP contribution in [0.25, 0.3) is 0 Å². The highest BCUT2D eigenvalue weighted by atomic mass is 19.4. The van der Waals surface area contributed by atoms with Gasteiger partial charge in [0.05, 0.1) is 11.7 Å². The lowest BCUT2D eigenvalue weighted by Crippen LogP contribution is -2.29. The molecule has 0 bridgehead atoms. The molecule has 2 atom stereocenters. The molecular formula is C16H19F3O2. The van der Waals surface area contributed by atoms with E-state index in [9.17, 15) is 18.0 Å². The Balaban J connectivity index is 2.25. The molecule has 0 aromatic heterocycles. The van der Waals surface area contributed by atoms with Crippen LogP contribution in [-0.4, -0.2) is 12.4 Å². The number of benzene rings is 1. The van der Waals surface area contributed by atoms with E-state index in [1.165, 1.54) is 12.1 Å². The van der Waals surface area contributed by atoms with Crippen LogP contribution in [0, 0.1) is 11.8 Å². The van der Waals surface area contributed by atoms with Gasteiger partial charge in [0.2, 0.25) is 0 Å². The molecule has 0 heterocycles. The predicted molar refractivity (Wildman–Crippen MR) is 73.4 cm³/mol. The second-order valence-electron chi connectivity index (χ2n) is 6.03. The van der Waals surface area contributed by atoms with E-state index >= 15 is 0 Å². The predicted octanol–water partition coefficient (Wildman–Crippen LogP) is 4.72. The lowest BCUT2D eigenvalue weighted by molar-refractivity contribution is -0.139. The molecule has 1 fully saturated rings. The zero-order valence-electron chi connectivity index (χ0n) is 12.1. The number of hydrogen-bond donors (Lipinski definition) is 0. The Labute approximate surface area is 122 Å². The fourth-order valence-corrected chi connectivity index (χ4v) is 3.09. The van der Waals surface area contributed by atoms with Crippen molar-refractivity contribution >= 4 is 6.29 Å². The summed E-state index contributed by atoms with van der Waals surface area (Å²) in [7, 11) is 0. The summed E-state index contributed by atoms with van der Waals surface area (Å²) in [5, 5.41) is 0. The summed E-state index contributed by atoms with van der Waals surface area (Å²) in [5.41, 5.74) is -0.877. The van der Waals surface area contributed by atoms with E-state index in [-0.39, 0.29) is 17.4 Å². The number of halogens is 3. The molecule has 0 saturated heterocycles. The van der Waals surface area contributed by atoms with Gasteiger partial charge in [0.25, 0.3) is 0 Å². The number of carbonyl (C=O) groups excluding carboxylic acids is 1. The lowest BCUT2D eigenvalue weighted by Gasteiger charge is -2.32. The maximum atomic E-state index is 13.1. The Morgan fingerprint density at radius 3 is 2.29 bits per heavy atom. The van der Waals surface area contributed by atoms with Gasteiger partial charge in [-0.1, -0.05) is 13.8 Å². The van der Waals surface area contributed by atoms with Crippen LogP contribution in [-0.2, 0) is 6.18 Å². The maximum Gasteiger partial charge on any atom is 0.419 e. The fraction of sp³-hybridized carbons (Fsp3) is 0.562. The fourth-order valence-electron chi connectivity index (χ4n) is 3.09. The van der Waals surface area contributed by atoms with Crippen molar-refractivity contribution < 1.29 is 22.7 Å². The van der Waals surface area contributed by atoms with Gasteiger partial charge in [-0.25, -0.2) is 0 Å². The highest BCUT2D eigenvalue weighted by molar-refractivity contribution is 5.75. The smallest absolute Gasteiger partial charge is 0.419 e. The number of rotatable bonds is 3. The normalized spacial score (nSPS) is 26.4. The summed E-state index contributed by atoms with van der Waals surface area (Å²) in [5.74, 6) is 0.712. The minimum Gasteiger partial charge on any atom is -0.490 e. The number of alkyl halides is 3. The van der Waals surface area contributed by atoms with Gasteiger partial charge in [-0.3, -0.25) is 4.79 Å². The van der Waals surface area contributed by atoms with Crippen molar-refractivity contribution in [2.45, 2.75) is 45.4 Å². The molecular weight excluding hydrogens is 281 g/mol. The summed E-state index contributed by atoms with van der Waals surface area (Å²) >= 11 is 0. The first kappa shape index (κ1) is 15.9. The first-order valence-corrected chi connectivity index (χ1v) is 7.12. The average molecular weight is 300 g/mol. The quantitative estimate of drug-likeness (QED) is 0.755. The van der Waals surface area contributed by atoms with Crippen LogP contribution in [0.3, 0.4) is 0 Å². The summed E-state index contributed by atoms with van der Waals surface area (Å²) in [6, 6.07) is 3.45. The molecule has 21 heavy (non-hydrogen) atoms. The third-order valence-corrected chi connectivity index (χ3v) is 3.87. The monoisotopic (exact) mass is 300 g/mol. The van der Waals surface area contributed by atoms with Crippen LogP contribution < -0.4 is 4.74 Å². The molecule has 0 radical (unpaired) electrons. The van der Waals surface area contributed by atoms with Crippen molar-refractivity contribution in [1.82, 2.24) is 0 Å². The van der Waals surface area contributed by atoms with E-state index in [4.69, 9.17) is 4.74 Å². The zero-order chi connectivity index (χ0) is 15.6. The zero-order valence-corrected chi connectivity index (χ0v) is 12.1. The number of ether oxygens (including phenoxy) is 1. The number of aldehydes is 1. The van der Waals surface area contributed by atoms with E-state index < -0.39 is 11.7 Å². The van der Waals surface area contributed by atoms with Crippen molar-refractivity contribution in [3.05, 3.63) is 29.3 Å². The van der Waals surface area contributed by atoms with E-state index in [0.29, 0.717) is 18.1 Å². The van der Waals surface area contributed by atoms with Gasteiger partial charge >= 0.3 is 6.18 Å². The molecule has 1 aromatic rings. The first-order valence-electron chi connectivity index (χ1n) is 7.12. The topological polar surface area (TPSA) is 26.3 Å². The van der Waals surface area contributed by atoms with Crippen molar-refractivity contribution in [2.24, 2.45) is 11.8 Å². The van der Waals surface area contributed by atoms with Crippen LogP contribution in [0.1, 0.15) is 49.0 Å². The second-order valence-corrected chi connectivity index (χ2v) is 6.03. The molecule has 1 aliphatic carbocycles. The third kappa shape index (κ3) is 3.99. The minimum atomic E-state index is -4.53. The second kappa shape index (κ2) is 6.08. The van der Waals surface area contributed by atoms with Crippen molar-refractivity contribution in [2.75, 3.05) is 0 Å². The molecule has 2 rings (SSSR count). The molecule has 0 spiro atoms. The molecule has 0 amide bonds. The molecule has 0 N–H and O–H groups in total. The van der Waals surface area contributed by atoms with E-state index in [0.717, 1.165) is 25.3 Å². The third-order valence-electron chi connectivity index (χ3n) is 3.87. The van der Waals surface area contributed by atoms with Crippen LogP contribution in [0.2, 0.25) is 0 Å². The van der Waals surface area contributed by atoms with Crippen LogP contribution >= 0.6 is 0 Å². The minimum absolute atomic E-state index is 0.0000512. The highest BCUT2D eigenvalue weighted by Gasteiger charge is 2.36. The van der Waals surface area contributed by atoms with Gasteiger partial charge in [-0.2, -0.15) is 13.2 Å². The van der Waals surface area contributed by atoms with Crippen LogP contribution in [0.5, 0.6) is 5.75 Å². The van der Waals surface area contributed by atoms with Gasteiger partial charge in [0, 0.05) is 5.56 Å². The summed E-state index contributed by atoms with van der Waals surface area (Å²) in [6.07, 6.45) is -1.72. The van der Waals surface area contributed by atoms with Crippen LogP contribution in [0.15, 0.2) is 18.2 Å². The molecule has 1 aliphatic rings. The Bertz CT molecular complexity index is 501. The summed E-state index contributed by atoms with van der Waals surface area (Å²) in [6.45, 7) is 4.18. The Kier molecular flexibility index (Phi) is 4.59. The first-order chi connectivity index (χ1) is 9.79. The van der Waals surface area contributed by atoms with E-state index in [1.54, 1.807) is 0 Å². The standard InChI is InChI=1S/C16H19F3O2/c1-10-5-11(2)7-13(6-10)21-15-4-3-12(9-20)8-14(15)16(17,18)19/h3-4,8-11,13H,5-7H2,1-2H3. The van der Waals surface area contributed by atoms with Crippen molar-refractivity contribution in [3.63, 3.8) is 0 Å².